The van der Waals surface area contributed by atoms with Gasteiger partial charge in [0.15, 0.2) is 17.3 Å². The minimum absolute atomic E-state index is 0.146. The number of benzene rings is 2. The molecule has 0 aliphatic carbocycles. The summed E-state index contributed by atoms with van der Waals surface area (Å²) in [6.45, 7) is 2.50. The fraction of sp³-hybridized carbons (Fsp3) is 0.158. The number of nitrogens with zero attached hydrogens (tertiary/aromatic N) is 1. The largest absolute Gasteiger partial charge is 0.454 e. The van der Waals surface area contributed by atoms with Crippen molar-refractivity contribution in [3.05, 3.63) is 65.4 Å². The molecule has 4 rings (SSSR count). The van der Waals surface area contributed by atoms with E-state index in [1.165, 1.54) is 0 Å². The molecule has 0 saturated carbocycles. The predicted octanol–water partition coefficient (Wildman–Crippen LogP) is 3.31. The van der Waals surface area contributed by atoms with Crippen LogP contribution in [0.3, 0.4) is 0 Å². The molecule has 0 saturated heterocycles. The zero-order valence-corrected chi connectivity index (χ0v) is 13.6. The molecule has 0 fully saturated rings. The van der Waals surface area contributed by atoms with Gasteiger partial charge in [-0.1, -0.05) is 22.9 Å². The van der Waals surface area contributed by atoms with Crippen LogP contribution in [0.25, 0.3) is 11.3 Å². The van der Waals surface area contributed by atoms with Gasteiger partial charge >= 0.3 is 0 Å². The lowest BCUT2D eigenvalue weighted by atomic mass is 10.1. The summed E-state index contributed by atoms with van der Waals surface area (Å²) in [6, 6.07) is 14.8. The van der Waals surface area contributed by atoms with Crippen molar-refractivity contribution < 1.29 is 18.8 Å². The van der Waals surface area contributed by atoms with Gasteiger partial charge in [-0.15, -0.1) is 0 Å². The molecule has 0 spiro atoms. The van der Waals surface area contributed by atoms with Crippen molar-refractivity contribution in [3.63, 3.8) is 0 Å². The molecule has 6 nitrogen and oxygen atoms in total. The lowest BCUT2D eigenvalue weighted by molar-refractivity contribution is 0.0950. The van der Waals surface area contributed by atoms with Gasteiger partial charge in [0.2, 0.25) is 6.79 Å². The normalized spacial score (nSPS) is 12.2. The van der Waals surface area contributed by atoms with Crippen LogP contribution in [-0.4, -0.2) is 17.9 Å². The number of fused-ring (bicyclic) bond motifs is 1. The van der Waals surface area contributed by atoms with Crippen molar-refractivity contribution in [2.75, 3.05) is 6.79 Å². The first-order valence-corrected chi connectivity index (χ1v) is 7.89. The summed E-state index contributed by atoms with van der Waals surface area (Å²) in [5, 5.41) is 6.84. The minimum Gasteiger partial charge on any atom is -0.454 e. The molecule has 1 aliphatic heterocycles. The molecular formula is C19H16N2O4. The molecular weight excluding hydrogens is 320 g/mol. The highest BCUT2D eigenvalue weighted by Crippen LogP contribution is 2.35. The molecule has 126 valence electrons. The van der Waals surface area contributed by atoms with Crippen LogP contribution >= 0.6 is 0 Å². The second kappa shape index (κ2) is 6.32. The van der Waals surface area contributed by atoms with Gasteiger partial charge in [-0.3, -0.25) is 4.79 Å². The Morgan fingerprint density at radius 2 is 1.88 bits per heavy atom. The second-order valence-corrected chi connectivity index (χ2v) is 5.80. The van der Waals surface area contributed by atoms with Crippen LogP contribution in [0.4, 0.5) is 0 Å². The number of aromatic nitrogens is 1. The molecule has 2 heterocycles. The van der Waals surface area contributed by atoms with Crippen molar-refractivity contribution in [3.8, 4) is 22.8 Å². The van der Waals surface area contributed by atoms with Crippen LogP contribution in [-0.2, 0) is 6.54 Å². The number of rotatable bonds is 4. The molecule has 1 amide bonds. The molecule has 25 heavy (non-hydrogen) atoms. The van der Waals surface area contributed by atoms with Gasteiger partial charge in [-0.05, 0) is 37.3 Å². The average Bonchev–Trinajstić information content (AvgIpc) is 3.28. The van der Waals surface area contributed by atoms with Crippen LogP contribution in [0.1, 0.15) is 21.6 Å². The summed E-state index contributed by atoms with van der Waals surface area (Å²) in [4.78, 5) is 12.1. The number of hydrogen-bond donors (Lipinski definition) is 1. The molecule has 2 aromatic carbocycles. The molecule has 1 N–H and O–H groups in total. The first kappa shape index (κ1) is 15.3. The average molecular weight is 336 g/mol. The van der Waals surface area contributed by atoms with Crippen LogP contribution in [0.2, 0.25) is 0 Å². The third kappa shape index (κ3) is 3.19. The number of nitrogens with one attached hydrogen (secondary N) is 1. The van der Waals surface area contributed by atoms with Crippen molar-refractivity contribution in [1.29, 1.82) is 0 Å². The van der Waals surface area contributed by atoms with E-state index in [2.05, 4.69) is 10.5 Å². The molecule has 3 aromatic rings. The van der Waals surface area contributed by atoms with E-state index in [0.29, 0.717) is 35.1 Å². The predicted molar refractivity (Wildman–Crippen MR) is 90.4 cm³/mol. The van der Waals surface area contributed by atoms with Crippen molar-refractivity contribution in [2.45, 2.75) is 13.5 Å². The SMILES string of the molecule is Cc1ccc(C(=O)NCc2cc(-c3ccc4c(c3)OCO4)on2)cc1. The Kier molecular flexibility index (Phi) is 3.85. The minimum atomic E-state index is -0.146. The highest BCUT2D eigenvalue weighted by molar-refractivity contribution is 5.94. The molecule has 0 atom stereocenters. The van der Waals surface area contributed by atoms with E-state index in [1.54, 1.807) is 18.2 Å². The quantitative estimate of drug-likeness (QED) is 0.791. The topological polar surface area (TPSA) is 73.6 Å². The molecule has 1 aromatic heterocycles. The van der Waals surface area contributed by atoms with Crippen molar-refractivity contribution >= 4 is 5.91 Å². The Hall–Kier alpha value is -3.28. The highest BCUT2D eigenvalue weighted by Gasteiger charge is 2.16. The first-order valence-electron chi connectivity index (χ1n) is 7.89. The Morgan fingerprint density at radius 3 is 2.72 bits per heavy atom. The van der Waals surface area contributed by atoms with Gasteiger partial charge in [-0.25, -0.2) is 0 Å². The van der Waals surface area contributed by atoms with E-state index >= 15 is 0 Å². The highest BCUT2D eigenvalue weighted by atomic mass is 16.7. The summed E-state index contributed by atoms with van der Waals surface area (Å²) < 4.78 is 16.0. The number of ether oxygens (including phenoxy) is 2. The number of carbonyl (C=O) groups is 1. The fourth-order valence-electron chi connectivity index (χ4n) is 2.56. The van der Waals surface area contributed by atoms with Crippen molar-refractivity contribution in [1.82, 2.24) is 10.5 Å². The van der Waals surface area contributed by atoms with Gasteiger partial charge in [0.25, 0.3) is 5.91 Å². The van der Waals surface area contributed by atoms with Gasteiger partial charge in [0.05, 0.1) is 6.54 Å². The molecule has 0 unspecified atom stereocenters. The fourth-order valence-corrected chi connectivity index (χ4v) is 2.56. The number of carbonyl (C=O) groups excluding carboxylic acids is 1. The Labute approximate surface area is 144 Å². The molecule has 1 aliphatic rings. The Morgan fingerprint density at radius 1 is 1.08 bits per heavy atom. The molecule has 0 radical (unpaired) electrons. The van der Waals surface area contributed by atoms with Crippen LogP contribution in [0, 0.1) is 6.92 Å². The van der Waals surface area contributed by atoms with Crippen LogP contribution in [0.5, 0.6) is 11.5 Å². The Balaban J connectivity index is 1.43. The number of hydrogen-bond acceptors (Lipinski definition) is 5. The summed E-state index contributed by atoms with van der Waals surface area (Å²) in [7, 11) is 0. The lowest BCUT2D eigenvalue weighted by Gasteiger charge is -2.03. The van der Waals surface area contributed by atoms with Gasteiger partial charge in [0.1, 0.15) is 5.69 Å². The van der Waals surface area contributed by atoms with E-state index < -0.39 is 0 Å². The maximum atomic E-state index is 12.1. The summed E-state index contributed by atoms with van der Waals surface area (Å²) in [5.41, 5.74) is 3.22. The monoisotopic (exact) mass is 336 g/mol. The maximum Gasteiger partial charge on any atom is 0.251 e. The van der Waals surface area contributed by atoms with E-state index in [0.717, 1.165) is 11.1 Å². The molecule has 0 bridgehead atoms. The number of aryl methyl sites for hydroxylation is 1. The number of amides is 1. The first-order chi connectivity index (χ1) is 12.2. The van der Waals surface area contributed by atoms with Crippen LogP contribution < -0.4 is 14.8 Å². The smallest absolute Gasteiger partial charge is 0.251 e. The van der Waals surface area contributed by atoms with Gasteiger partial charge < -0.3 is 19.3 Å². The Bertz CT molecular complexity index is 915. The maximum absolute atomic E-state index is 12.1. The van der Waals surface area contributed by atoms with Crippen LogP contribution in [0.15, 0.2) is 53.1 Å². The van der Waals surface area contributed by atoms with E-state index in [4.69, 9.17) is 14.0 Å². The third-order valence-corrected chi connectivity index (χ3v) is 3.96. The van der Waals surface area contributed by atoms with Gasteiger partial charge in [-0.2, -0.15) is 0 Å². The van der Waals surface area contributed by atoms with E-state index in [-0.39, 0.29) is 12.7 Å². The lowest BCUT2D eigenvalue weighted by Crippen LogP contribution is -2.22. The summed E-state index contributed by atoms with van der Waals surface area (Å²) >= 11 is 0. The summed E-state index contributed by atoms with van der Waals surface area (Å²) in [6.07, 6.45) is 0. The third-order valence-electron chi connectivity index (χ3n) is 3.96. The zero-order chi connectivity index (χ0) is 17.2. The van der Waals surface area contributed by atoms with E-state index in [1.807, 2.05) is 37.3 Å². The van der Waals surface area contributed by atoms with Gasteiger partial charge in [0, 0.05) is 17.2 Å². The van der Waals surface area contributed by atoms with E-state index in [9.17, 15) is 4.79 Å². The second-order valence-electron chi connectivity index (χ2n) is 5.80. The molecule has 6 heteroatoms. The standard InChI is InChI=1S/C19H16N2O4/c1-12-2-4-13(5-3-12)19(22)20-10-15-9-17(25-21-15)14-6-7-16-18(8-14)24-11-23-16/h2-9H,10-11H2,1H3,(H,20,22). The summed E-state index contributed by atoms with van der Waals surface area (Å²) in [5.74, 6) is 1.86. The van der Waals surface area contributed by atoms with Crippen molar-refractivity contribution in [2.24, 2.45) is 0 Å². The zero-order valence-electron chi connectivity index (χ0n) is 13.6.